The maximum Gasteiger partial charge on any atom is 0.309 e. The molecule has 2 nitrogen and oxygen atoms in total. The average Bonchev–Trinajstić information content (AvgIpc) is 2.21. The van der Waals surface area contributed by atoms with Crippen molar-refractivity contribution in [3.63, 3.8) is 0 Å². The molecule has 1 rings (SSSR count). The summed E-state index contributed by atoms with van der Waals surface area (Å²) in [5.74, 6) is -1.04. The van der Waals surface area contributed by atoms with Crippen LogP contribution in [-0.4, -0.2) is 11.1 Å². The van der Waals surface area contributed by atoms with Crippen molar-refractivity contribution in [2.45, 2.75) is 40.5 Å². The monoisotopic (exact) mass is 238 g/mol. The highest BCUT2D eigenvalue weighted by Gasteiger charge is 2.28. The minimum absolute atomic E-state index is 0.207. The van der Waals surface area contributed by atoms with Gasteiger partial charge in [-0.15, -0.1) is 0 Å². The summed E-state index contributed by atoms with van der Waals surface area (Å²) < 4.78 is 13.5. The molecule has 0 aliphatic carbocycles. The zero-order valence-electron chi connectivity index (χ0n) is 10.8. The van der Waals surface area contributed by atoms with E-state index in [9.17, 15) is 9.18 Å². The summed E-state index contributed by atoms with van der Waals surface area (Å²) >= 11 is 0. The molecular formula is C14H19FO2. The molecule has 0 spiro atoms. The first-order valence-corrected chi connectivity index (χ1v) is 5.79. The highest BCUT2D eigenvalue weighted by Crippen LogP contribution is 2.26. The Hall–Kier alpha value is -1.38. The number of carboxylic acids is 1. The summed E-state index contributed by atoms with van der Waals surface area (Å²) in [6.07, 6.45) is 1.04. The lowest BCUT2D eigenvalue weighted by atomic mass is 9.84. The molecular weight excluding hydrogens is 219 g/mol. The number of hydrogen-bond donors (Lipinski definition) is 1. The summed E-state index contributed by atoms with van der Waals surface area (Å²) in [5, 5.41) is 9.10. The second-order valence-electron chi connectivity index (χ2n) is 5.09. The minimum atomic E-state index is -0.834. The maximum atomic E-state index is 13.5. The number of carboxylic acid groups (broad SMARTS) is 1. The largest absolute Gasteiger partial charge is 0.481 e. The first-order valence-electron chi connectivity index (χ1n) is 5.79. The van der Waals surface area contributed by atoms with Crippen LogP contribution in [0.3, 0.4) is 0 Å². The highest BCUT2D eigenvalue weighted by molar-refractivity contribution is 5.74. The number of aliphatic carboxylic acids is 1. The lowest BCUT2D eigenvalue weighted by Gasteiger charge is -2.21. The van der Waals surface area contributed by atoms with Gasteiger partial charge in [0.15, 0.2) is 0 Å². The van der Waals surface area contributed by atoms with Crippen LogP contribution in [0.4, 0.5) is 4.39 Å². The summed E-state index contributed by atoms with van der Waals surface area (Å²) in [7, 11) is 0. The van der Waals surface area contributed by atoms with Gasteiger partial charge in [0.25, 0.3) is 0 Å². The number of rotatable bonds is 4. The predicted molar refractivity (Wildman–Crippen MR) is 65.6 cm³/mol. The first-order chi connectivity index (χ1) is 7.77. The Morgan fingerprint density at radius 3 is 2.41 bits per heavy atom. The summed E-state index contributed by atoms with van der Waals surface area (Å²) in [6, 6.07) is 3.28. The van der Waals surface area contributed by atoms with Crippen LogP contribution >= 0.6 is 0 Å². The van der Waals surface area contributed by atoms with Gasteiger partial charge in [-0.05, 0) is 56.4 Å². The molecule has 1 aromatic rings. The molecule has 0 saturated carbocycles. The molecule has 0 aromatic heterocycles. The molecule has 17 heavy (non-hydrogen) atoms. The summed E-state index contributed by atoms with van der Waals surface area (Å²) in [5.41, 5.74) is 1.55. The van der Waals surface area contributed by atoms with Crippen molar-refractivity contribution in [3.8, 4) is 0 Å². The van der Waals surface area contributed by atoms with Crippen molar-refractivity contribution in [2.75, 3.05) is 0 Å². The third-order valence-electron chi connectivity index (χ3n) is 3.10. The lowest BCUT2D eigenvalue weighted by molar-refractivity contribution is -0.146. The van der Waals surface area contributed by atoms with Crippen molar-refractivity contribution in [1.29, 1.82) is 0 Å². The standard InChI is InChI=1S/C14H19FO2/c1-5-10-7-11(9(2)6-12(10)15)8-14(3,4)13(16)17/h6-7H,5,8H2,1-4H3,(H,16,17). The van der Waals surface area contributed by atoms with Crippen LogP contribution < -0.4 is 0 Å². The van der Waals surface area contributed by atoms with E-state index < -0.39 is 11.4 Å². The van der Waals surface area contributed by atoms with Gasteiger partial charge < -0.3 is 5.11 Å². The molecule has 0 atom stereocenters. The number of aryl methyl sites for hydroxylation is 2. The second-order valence-corrected chi connectivity index (χ2v) is 5.09. The highest BCUT2D eigenvalue weighted by atomic mass is 19.1. The van der Waals surface area contributed by atoms with Gasteiger partial charge in [0.2, 0.25) is 0 Å². The molecule has 0 aliphatic rings. The fourth-order valence-corrected chi connectivity index (χ4v) is 1.78. The normalized spacial score (nSPS) is 11.6. The Morgan fingerprint density at radius 1 is 1.35 bits per heavy atom. The first kappa shape index (κ1) is 13.7. The van der Waals surface area contributed by atoms with Crippen LogP contribution in [0, 0.1) is 18.2 Å². The topological polar surface area (TPSA) is 37.3 Å². The zero-order valence-corrected chi connectivity index (χ0v) is 10.8. The molecule has 0 fully saturated rings. The van der Waals surface area contributed by atoms with Crippen LogP contribution in [0.25, 0.3) is 0 Å². The van der Waals surface area contributed by atoms with E-state index in [0.29, 0.717) is 18.4 Å². The van der Waals surface area contributed by atoms with Crippen LogP contribution in [0.5, 0.6) is 0 Å². The van der Waals surface area contributed by atoms with Crippen LogP contribution in [-0.2, 0) is 17.6 Å². The van der Waals surface area contributed by atoms with E-state index in [1.165, 1.54) is 6.07 Å². The van der Waals surface area contributed by atoms with Crippen molar-refractivity contribution >= 4 is 5.97 Å². The molecule has 0 radical (unpaired) electrons. The van der Waals surface area contributed by atoms with Crippen molar-refractivity contribution < 1.29 is 14.3 Å². The SMILES string of the molecule is CCc1cc(CC(C)(C)C(=O)O)c(C)cc1F. The van der Waals surface area contributed by atoms with Crippen molar-refractivity contribution in [1.82, 2.24) is 0 Å². The van der Waals surface area contributed by atoms with Gasteiger partial charge in [0.1, 0.15) is 5.82 Å². The third-order valence-corrected chi connectivity index (χ3v) is 3.10. The van der Waals surface area contributed by atoms with Gasteiger partial charge in [-0.2, -0.15) is 0 Å². The number of carbonyl (C=O) groups is 1. The smallest absolute Gasteiger partial charge is 0.309 e. The fraction of sp³-hybridized carbons (Fsp3) is 0.500. The van der Waals surface area contributed by atoms with E-state index in [1.807, 2.05) is 13.8 Å². The molecule has 0 saturated heterocycles. The molecule has 1 N–H and O–H groups in total. The average molecular weight is 238 g/mol. The number of benzene rings is 1. The Balaban J connectivity index is 3.11. The quantitative estimate of drug-likeness (QED) is 0.873. The van der Waals surface area contributed by atoms with Gasteiger partial charge in [-0.25, -0.2) is 4.39 Å². The molecule has 0 amide bonds. The Kier molecular flexibility index (Phi) is 3.91. The molecule has 94 valence electrons. The fourth-order valence-electron chi connectivity index (χ4n) is 1.78. The Labute approximate surface area is 101 Å². The van der Waals surface area contributed by atoms with Gasteiger partial charge in [0, 0.05) is 0 Å². The number of halogens is 1. The van der Waals surface area contributed by atoms with Crippen LogP contribution in [0.15, 0.2) is 12.1 Å². The summed E-state index contributed by atoms with van der Waals surface area (Å²) in [4.78, 5) is 11.1. The Bertz CT molecular complexity index is 436. The molecule has 1 aromatic carbocycles. The zero-order chi connectivity index (χ0) is 13.2. The van der Waals surface area contributed by atoms with E-state index in [1.54, 1.807) is 19.9 Å². The van der Waals surface area contributed by atoms with E-state index in [4.69, 9.17) is 5.11 Å². The Morgan fingerprint density at radius 2 is 1.94 bits per heavy atom. The second kappa shape index (κ2) is 4.86. The van der Waals surface area contributed by atoms with Gasteiger partial charge >= 0.3 is 5.97 Å². The van der Waals surface area contributed by atoms with Gasteiger partial charge in [-0.3, -0.25) is 4.79 Å². The van der Waals surface area contributed by atoms with Crippen molar-refractivity contribution in [3.05, 3.63) is 34.6 Å². The number of hydrogen-bond acceptors (Lipinski definition) is 1. The van der Waals surface area contributed by atoms with E-state index in [2.05, 4.69) is 0 Å². The summed E-state index contributed by atoms with van der Waals surface area (Å²) in [6.45, 7) is 7.07. The molecule has 0 unspecified atom stereocenters. The van der Waals surface area contributed by atoms with Crippen LogP contribution in [0.1, 0.15) is 37.5 Å². The predicted octanol–water partition coefficient (Wildman–Crippen LogP) is 3.35. The maximum absolute atomic E-state index is 13.5. The minimum Gasteiger partial charge on any atom is -0.481 e. The molecule has 3 heteroatoms. The molecule has 0 bridgehead atoms. The molecule has 0 heterocycles. The molecule has 0 aliphatic heterocycles. The van der Waals surface area contributed by atoms with E-state index in [-0.39, 0.29) is 5.82 Å². The van der Waals surface area contributed by atoms with E-state index in [0.717, 1.165) is 11.1 Å². The van der Waals surface area contributed by atoms with Gasteiger partial charge in [-0.1, -0.05) is 13.0 Å². The van der Waals surface area contributed by atoms with Gasteiger partial charge in [0.05, 0.1) is 5.41 Å². The van der Waals surface area contributed by atoms with Crippen LogP contribution in [0.2, 0.25) is 0 Å². The third kappa shape index (κ3) is 3.05. The van der Waals surface area contributed by atoms with Crippen molar-refractivity contribution in [2.24, 2.45) is 5.41 Å². The van der Waals surface area contributed by atoms with E-state index >= 15 is 0 Å². The lowest BCUT2D eigenvalue weighted by Crippen LogP contribution is -2.26.